The summed E-state index contributed by atoms with van der Waals surface area (Å²) in [7, 11) is -3.63. The highest BCUT2D eigenvalue weighted by Crippen LogP contribution is 2.27. The summed E-state index contributed by atoms with van der Waals surface area (Å²) in [6.07, 6.45) is 2.95. The zero-order valence-electron chi connectivity index (χ0n) is 15.0. The number of nitrogens with one attached hydrogen (secondary N) is 2. The summed E-state index contributed by atoms with van der Waals surface area (Å²) >= 11 is 0. The summed E-state index contributed by atoms with van der Waals surface area (Å²) < 4.78 is 32.4. The Morgan fingerprint density at radius 2 is 2.04 bits per heavy atom. The van der Waals surface area contributed by atoms with Crippen molar-refractivity contribution in [1.29, 1.82) is 0 Å². The normalized spacial score (nSPS) is 17.1. The van der Waals surface area contributed by atoms with Crippen LogP contribution in [0.15, 0.2) is 36.5 Å². The molecule has 0 bridgehead atoms. The van der Waals surface area contributed by atoms with E-state index in [0.29, 0.717) is 13.2 Å². The number of anilines is 2. The van der Waals surface area contributed by atoms with E-state index in [4.69, 9.17) is 4.74 Å². The molecule has 2 heterocycles. The minimum absolute atomic E-state index is 0.0398. The molecule has 1 aromatic carbocycles. The van der Waals surface area contributed by atoms with Crippen molar-refractivity contribution in [2.45, 2.75) is 12.8 Å². The molecular formula is C18H21N3O6S. The van der Waals surface area contributed by atoms with Crippen LogP contribution >= 0.6 is 0 Å². The summed E-state index contributed by atoms with van der Waals surface area (Å²) in [6.45, 7) is 1.07. The molecule has 1 atom stereocenters. The van der Waals surface area contributed by atoms with E-state index in [1.165, 1.54) is 36.5 Å². The van der Waals surface area contributed by atoms with Crippen molar-refractivity contribution >= 4 is 27.4 Å². The average molecular weight is 407 g/mol. The lowest BCUT2D eigenvalue weighted by Crippen LogP contribution is -2.28. The fraction of sp³-hybridized carbons (Fsp3) is 0.333. The van der Waals surface area contributed by atoms with Gasteiger partial charge < -0.3 is 20.3 Å². The number of aromatic hydroxyl groups is 2. The molecule has 1 aromatic heterocycles. The van der Waals surface area contributed by atoms with E-state index in [1.54, 1.807) is 0 Å². The fourth-order valence-corrected chi connectivity index (χ4v) is 4.28. The summed E-state index contributed by atoms with van der Waals surface area (Å²) in [5.41, 5.74) is 0.456. The van der Waals surface area contributed by atoms with Crippen molar-refractivity contribution in [3.63, 3.8) is 0 Å². The number of amides is 1. The maximum atomic E-state index is 12.4. The number of aromatic nitrogens is 1. The largest absolute Gasteiger partial charge is 0.504 e. The van der Waals surface area contributed by atoms with Crippen LogP contribution in [0.2, 0.25) is 0 Å². The standard InChI is InChI=1S/C18H21N3O6S/c22-15-4-3-14(9-16(15)23)20-18(24)13-5-6-19-17(8-13)21-28(25,26)11-12-2-1-7-27-10-12/h3-6,8-9,12,22-23H,1-2,7,10-11H2,(H,19,21)(H,20,24). The van der Waals surface area contributed by atoms with Gasteiger partial charge in [-0.2, -0.15) is 0 Å². The van der Waals surface area contributed by atoms with Gasteiger partial charge in [0.1, 0.15) is 5.82 Å². The van der Waals surface area contributed by atoms with Crippen molar-refractivity contribution < 1.29 is 28.2 Å². The van der Waals surface area contributed by atoms with Crippen LogP contribution in [0.1, 0.15) is 23.2 Å². The molecule has 1 saturated heterocycles. The van der Waals surface area contributed by atoms with Crippen LogP contribution in [-0.2, 0) is 14.8 Å². The van der Waals surface area contributed by atoms with Crippen LogP contribution in [-0.4, -0.2) is 48.5 Å². The van der Waals surface area contributed by atoms with Crippen LogP contribution in [0, 0.1) is 5.92 Å². The van der Waals surface area contributed by atoms with Gasteiger partial charge in [-0.05, 0) is 43.0 Å². The van der Waals surface area contributed by atoms with Gasteiger partial charge in [-0.1, -0.05) is 0 Å². The second-order valence-electron chi connectivity index (χ2n) is 6.55. The molecular weight excluding hydrogens is 386 g/mol. The SMILES string of the molecule is O=C(Nc1ccc(O)c(O)c1)c1ccnc(NS(=O)(=O)CC2CCCOC2)c1. The second kappa shape index (κ2) is 8.44. The van der Waals surface area contributed by atoms with Crippen LogP contribution in [0.25, 0.3) is 0 Å². The van der Waals surface area contributed by atoms with Gasteiger partial charge in [0.25, 0.3) is 5.91 Å². The number of rotatable bonds is 6. The number of hydrogen-bond donors (Lipinski definition) is 4. The number of nitrogens with zero attached hydrogens (tertiary/aromatic N) is 1. The van der Waals surface area contributed by atoms with Gasteiger partial charge >= 0.3 is 0 Å². The lowest BCUT2D eigenvalue weighted by molar-refractivity contribution is 0.0626. The van der Waals surface area contributed by atoms with Gasteiger partial charge in [-0.15, -0.1) is 0 Å². The number of sulfonamides is 1. The summed E-state index contributed by atoms with van der Waals surface area (Å²) in [6, 6.07) is 6.62. The van der Waals surface area contributed by atoms with Crippen molar-refractivity contribution in [2.75, 3.05) is 29.0 Å². The maximum absolute atomic E-state index is 12.4. The fourth-order valence-electron chi connectivity index (χ4n) is 2.88. The van der Waals surface area contributed by atoms with Gasteiger partial charge in [0.15, 0.2) is 11.5 Å². The Morgan fingerprint density at radius 3 is 2.75 bits per heavy atom. The van der Waals surface area contributed by atoms with Crippen LogP contribution in [0.5, 0.6) is 11.5 Å². The monoisotopic (exact) mass is 407 g/mol. The highest BCUT2D eigenvalue weighted by atomic mass is 32.2. The number of hydrogen-bond acceptors (Lipinski definition) is 7. The molecule has 1 unspecified atom stereocenters. The predicted molar refractivity (Wildman–Crippen MR) is 103 cm³/mol. The first-order valence-corrected chi connectivity index (χ1v) is 10.4. The van der Waals surface area contributed by atoms with Gasteiger partial charge in [0, 0.05) is 30.1 Å². The minimum atomic E-state index is -3.63. The summed E-state index contributed by atoms with van der Waals surface area (Å²) in [5, 5.41) is 21.4. The van der Waals surface area contributed by atoms with Crippen LogP contribution in [0.4, 0.5) is 11.5 Å². The summed E-state index contributed by atoms with van der Waals surface area (Å²) in [4.78, 5) is 16.3. The number of pyridine rings is 1. The zero-order chi connectivity index (χ0) is 20.1. The highest BCUT2D eigenvalue weighted by molar-refractivity contribution is 7.92. The average Bonchev–Trinajstić information content (AvgIpc) is 2.65. The molecule has 1 fully saturated rings. The molecule has 3 rings (SSSR count). The molecule has 0 radical (unpaired) electrons. The lowest BCUT2D eigenvalue weighted by atomic mass is 10.1. The smallest absolute Gasteiger partial charge is 0.255 e. The third-order valence-corrected chi connectivity index (χ3v) is 5.66. The summed E-state index contributed by atoms with van der Waals surface area (Å²) in [5.74, 6) is -1.29. The third kappa shape index (κ3) is 5.33. The first-order valence-electron chi connectivity index (χ1n) is 8.70. The Kier molecular flexibility index (Phi) is 6.00. The molecule has 4 N–H and O–H groups in total. The first kappa shape index (κ1) is 19.9. The number of ether oxygens (including phenoxy) is 1. The van der Waals surface area contributed by atoms with Crippen LogP contribution in [0.3, 0.4) is 0 Å². The number of benzene rings is 1. The molecule has 0 saturated carbocycles. The van der Waals surface area contributed by atoms with Crippen LogP contribution < -0.4 is 10.0 Å². The first-order chi connectivity index (χ1) is 13.3. The Bertz CT molecular complexity index is 958. The van der Waals surface area contributed by atoms with Gasteiger partial charge in [-0.25, -0.2) is 13.4 Å². The number of phenolic OH excluding ortho intramolecular Hbond substituents is 2. The Hall–Kier alpha value is -2.85. The van der Waals surface area contributed by atoms with Crippen molar-refractivity contribution in [1.82, 2.24) is 4.98 Å². The van der Waals surface area contributed by atoms with E-state index in [0.717, 1.165) is 12.8 Å². The number of carbonyl (C=O) groups excluding carboxylic acids is 1. The quantitative estimate of drug-likeness (QED) is 0.424. The van der Waals surface area contributed by atoms with Crippen molar-refractivity contribution in [3.8, 4) is 11.5 Å². The van der Waals surface area contributed by atoms with Crippen molar-refractivity contribution in [2.24, 2.45) is 5.92 Å². The lowest BCUT2D eigenvalue weighted by Gasteiger charge is -2.21. The Balaban J connectivity index is 1.67. The van der Waals surface area contributed by atoms with Gasteiger partial charge in [0.05, 0.1) is 12.4 Å². The van der Waals surface area contributed by atoms with E-state index in [-0.39, 0.29) is 40.2 Å². The van der Waals surface area contributed by atoms with Gasteiger partial charge in [-0.3, -0.25) is 9.52 Å². The molecule has 1 amide bonds. The minimum Gasteiger partial charge on any atom is -0.504 e. The molecule has 9 nitrogen and oxygen atoms in total. The molecule has 28 heavy (non-hydrogen) atoms. The highest BCUT2D eigenvalue weighted by Gasteiger charge is 2.22. The van der Waals surface area contributed by atoms with E-state index < -0.39 is 15.9 Å². The molecule has 2 aromatic rings. The molecule has 1 aliphatic heterocycles. The molecule has 0 aliphatic carbocycles. The van der Waals surface area contributed by atoms with E-state index in [2.05, 4.69) is 15.0 Å². The molecule has 150 valence electrons. The number of phenols is 2. The zero-order valence-corrected chi connectivity index (χ0v) is 15.8. The molecule has 10 heteroatoms. The Labute approximate surface area is 162 Å². The van der Waals surface area contributed by atoms with Crippen molar-refractivity contribution in [3.05, 3.63) is 42.1 Å². The molecule has 0 spiro atoms. The predicted octanol–water partition coefficient (Wildman–Crippen LogP) is 1.91. The number of carbonyl (C=O) groups is 1. The Morgan fingerprint density at radius 1 is 1.21 bits per heavy atom. The molecule has 1 aliphatic rings. The third-order valence-electron chi connectivity index (χ3n) is 4.23. The van der Waals surface area contributed by atoms with E-state index in [1.807, 2.05) is 0 Å². The maximum Gasteiger partial charge on any atom is 0.255 e. The van der Waals surface area contributed by atoms with E-state index >= 15 is 0 Å². The topological polar surface area (TPSA) is 138 Å². The van der Waals surface area contributed by atoms with Gasteiger partial charge in [0.2, 0.25) is 10.0 Å². The second-order valence-corrected chi connectivity index (χ2v) is 8.32. The van der Waals surface area contributed by atoms with E-state index in [9.17, 15) is 23.4 Å².